The molecule has 0 saturated carbocycles. The zero-order valence-corrected chi connectivity index (χ0v) is 9.73. The van der Waals surface area contributed by atoms with E-state index >= 15 is 0 Å². The number of ether oxygens (including phenoxy) is 1. The lowest BCUT2D eigenvalue weighted by atomic mass is 10.2. The molecule has 0 aliphatic rings. The molecule has 17 heavy (non-hydrogen) atoms. The van der Waals surface area contributed by atoms with E-state index in [1.54, 1.807) is 6.07 Å². The van der Waals surface area contributed by atoms with Crippen molar-refractivity contribution < 1.29 is 23.8 Å². The van der Waals surface area contributed by atoms with Crippen LogP contribution in [-0.4, -0.2) is 36.7 Å². The maximum absolute atomic E-state index is 11.7. The molecule has 1 unspecified atom stereocenters. The zero-order valence-electron chi connectivity index (χ0n) is 9.73. The summed E-state index contributed by atoms with van der Waals surface area (Å²) in [4.78, 5) is 22.4. The number of hydrogen-bond donors (Lipinski definition) is 2. The van der Waals surface area contributed by atoms with Crippen molar-refractivity contribution in [1.29, 1.82) is 0 Å². The van der Waals surface area contributed by atoms with Gasteiger partial charge in [-0.05, 0) is 6.07 Å². The molecular formula is C11H15NO5. The Kier molecular flexibility index (Phi) is 4.71. The Morgan fingerprint density at radius 3 is 2.82 bits per heavy atom. The fourth-order valence-electron chi connectivity index (χ4n) is 1.37. The summed E-state index contributed by atoms with van der Waals surface area (Å²) in [5, 5.41) is 11.2. The molecule has 1 aromatic heterocycles. The van der Waals surface area contributed by atoms with E-state index in [9.17, 15) is 9.59 Å². The molecule has 0 radical (unpaired) electrons. The summed E-state index contributed by atoms with van der Waals surface area (Å²) in [5.41, 5.74) is 0.424. The molecule has 0 bridgehead atoms. The molecule has 1 amide bonds. The fraction of sp³-hybridized carbons (Fsp3) is 0.455. The molecule has 0 aliphatic heterocycles. The lowest BCUT2D eigenvalue weighted by molar-refractivity contribution is -0.148. The van der Waals surface area contributed by atoms with E-state index in [1.807, 2.05) is 6.92 Å². The first-order valence-corrected chi connectivity index (χ1v) is 5.20. The summed E-state index contributed by atoms with van der Waals surface area (Å²) in [7, 11) is 1.28. The van der Waals surface area contributed by atoms with Crippen molar-refractivity contribution in [3.05, 3.63) is 23.7 Å². The predicted octanol–water partition coefficient (Wildman–Crippen LogP) is 0.671. The summed E-state index contributed by atoms with van der Waals surface area (Å²) in [6.07, 6.45) is 0.983. The van der Waals surface area contributed by atoms with E-state index in [0.717, 1.165) is 0 Å². The van der Waals surface area contributed by atoms with Gasteiger partial charge in [-0.1, -0.05) is 6.92 Å². The number of carbonyl (C=O) groups excluding carboxylic acids is 1. The molecule has 1 atom stereocenters. The molecule has 6 nitrogen and oxygen atoms in total. The number of rotatable bonds is 6. The first-order valence-electron chi connectivity index (χ1n) is 5.20. The van der Waals surface area contributed by atoms with Crippen LogP contribution in [0.4, 0.5) is 0 Å². The van der Waals surface area contributed by atoms with Crippen LogP contribution in [0.15, 0.2) is 16.7 Å². The van der Waals surface area contributed by atoms with Gasteiger partial charge in [0.2, 0.25) is 0 Å². The number of carboxylic acids is 1. The van der Waals surface area contributed by atoms with Crippen LogP contribution >= 0.6 is 0 Å². The van der Waals surface area contributed by atoms with Crippen molar-refractivity contribution in [1.82, 2.24) is 5.32 Å². The number of hydrogen-bond acceptors (Lipinski definition) is 4. The molecule has 1 rings (SSSR count). The van der Waals surface area contributed by atoms with Crippen LogP contribution < -0.4 is 5.32 Å². The minimum absolute atomic E-state index is 0.0843. The highest BCUT2D eigenvalue weighted by atomic mass is 16.5. The molecule has 1 heterocycles. The van der Waals surface area contributed by atoms with Crippen LogP contribution in [0, 0.1) is 0 Å². The second-order valence-electron chi connectivity index (χ2n) is 3.38. The predicted molar refractivity (Wildman–Crippen MR) is 58.9 cm³/mol. The third kappa shape index (κ3) is 3.32. The van der Waals surface area contributed by atoms with Gasteiger partial charge in [0.1, 0.15) is 5.76 Å². The monoisotopic (exact) mass is 241 g/mol. The summed E-state index contributed by atoms with van der Waals surface area (Å²) in [6.45, 7) is 1.78. The van der Waals surface area contributed by atoms with E-state index in [1.165, 1.54) is 13.4 Å². The third-order valence-electron chi connectivity index (χ3n) is 2.32. The maximum Gasteiger partial charge on any atom is 0.334 e. The zero-order chi connectivity index (χ0) is 12.8. The van der Waals surface area contributed by atoms with Crippen LogP contribution in [0.1, 0.15) is 23.0 Å². The summed E-state index contributed by atoms with van der Waals surface area (Å²) >= 11 is 0. The summed E-state index contributed by atoms with van der Waals surface area (Å²) in [5.74, 6) is -0.901. The number of carboxylic acid groups (broad SMARTS) is 1. The Labute approximate surface area is 98.6 Å². The summed E-state index contributed by atoms with van der Waals surface area (Å²) < 4.78 is 9.81. The SMILES string of the molecule is CCc1occc1C(=O)NCC(OC)C(=O)O. The fourth-order valence-corrected chi connectivity index (χ4v) is 1.37. The molecule has 1 aromatic rings. The van der Waals surface area contributed by atoms with Crippen LogP contribution in [0.5, 0.6) is 0 Å². The van der Waals surface area contributed by atoms with Crippen LogP contribution in [-0.2, 0) is 16.0 Å². The lowest BCUT2D eigenvalue weighted by Crippen LogP contribution is -2.37. The van der Waals surface area contributed by atoms with Crippen molar-refractivity contribution in [2.24, 2.45) is 0 Å². The van der Waals surface area contributed by atoms with E-state index in [2.05, 4.69) is 5.32 Å². The first-order chi connectivity index (χ1) is 8.10. The van der Waals surface area contributed by atoms with Gasteiger partial charge < -0.3 is 19.6 Å². The van der Waals surface area contributed by atoms with Gasteiger partial charge in [-0.15, -0.1) is 0 Å². The molecule has 0 saturated heterocycles. The third-order valence-corrected chi connectivity index (χ3v) is 2.32. The molecule has 0 spiro atoms. The molecule has 0 fully saturated rings. The summed E-state index contributed by atoms with van der Waals surface area (Å²) in [6, 6.07) is 1.55. The Hall–Kier alpha value is -1.82. The van der Waals surface area contributed by atoms with Crippen molar-refractivity contribution in [2.75, 3.05) is 13.7 Å². The van der Waals surface area contributed by atoms with Gasteiger partial charge >= 0.3 is 5.97 Å². The lowest BCUT2D eigenvalue weighted by Gasteiger charge is -2.11. The van der Waals surface area contributed by atoms with Crippen LogP contribution in [0.25, 0.3) is 0 Å². The Bertz CT molecular complexity index is 398. The van der Waals surface area contributed by atoms with Crippen molar-refractivity contribution in [2.45, 2.75) is 19.4 Å². The van der Waals surface area contributed by atoms with Gasteiger partial charge in [-0.25, -0.2) is 4.79 Å². The van der Waals surface area contributed by atoms with Gasteiger partial charge in [-0.3, -0.25) is 4.79 Å². The van der Waals surface area contributed by atoms with Gasteiger partial charge in [0.05, 0.1) is 18.4 Å². The topological polar surface area (TPSA) is 88.8 Å². The highest BCUT2D eigenvalue weighted by Crippen LogP contribution is 2.10. The Morgan fingerprint density at radius 2 is 2.29 bits per heavy atom. The van der Waals surface area contributed by atoms with E-state index < -0.39 is 12.1 Å². The number of aryl methyl sites for hydroxylation is 1. The Balaban J connectivity index is 2.58. The van der Waals surface area contributed by atoms with Crippen molar-refractivity contribution >= 4 is 11.9 Å². The number of furan rings is 1. The largest absolute Gasteiger partial charge is 0.479 e. The molecule has 0 aromatic carbocycles. The van der Waals surface area contributed by atoms with E-state index in [0.29, 0.717) is 17.7 Å². The van der Waals surface area contributed by atoms with Crippen LogP contribution in [0.2, 0.25) is 0 Å². The highest BCUT2D eigenvalue weighted by molar-refractivity contribution is 5.95. The molecular weight excluding hydrogens is 226 g/mol. The number of carbonyl (C=O) groups is 2. The molecule has 0 aliphatic carbocycles. The highest BCUT2D eigenvalue weighted by Gasteiger charge is 2.19. The van der Waals surface area contributed by atoms with Crippen LogP contribution in [0.3, 0.4) is 0 Å². The standard InChI is InChI=1S/C11H15NO5/c1-3-8-7(4-5-17-8)10(13)12-6-9(16-2)11(14)15/h4-5,9H,3,6H2,1-2H3,(H,12,13)(H,14,15). The number of aliphatic carboxylic acids is 1. The van der Waals surface area contributed by atoms with Crippen molar-refractivity contribution in [3.63, 3.8) is 0 Å². The quantitative estimate of drug-likeness (QED) is 0.764. The normalized spacial score (nSPS) is 12.1. The van der Waals surface area contributed by atoms with Gasteiger partial charge in [0.15, 0.2) is 6.10 Å². The van der Waals surface area contributed by atoms with Gasteiger partial charge in [0, 0.05) is 13.5 Å². The molecule has 2 N–H and O–H groups in total. The smallest absolute Gasteiger partial charge is 0.334 e. The van der Waals surface area contributed by atoms with Gasteiger partial charge in [0.25, 0.3) is 5.91 Å². The first kappa shape index (κ1) is 13.2. The average Bonchev–Trinajstić information content (AvgIpc) is 2.77. The maximum atomic E-state index is 11.7. The van der Waals surface area contributed by atoms with E-state index in [4.69, 9.17) is 14.3 Å². The minimum atomic E-state index is -1.12. The second-order valence-corrected chi connectivity index (χ2v) is 3.38. The number of nitrogens with one attached hydrogen (secondary N) is 1. The number of methoxy groups -OCH3 is 1. The molecule has 94 valence electrons. The van der Waals surface area contributed by atoms with Crippen molar-refractivity contribution in [3.8, 4) is 0 Å². The Morgan fingerprint density at radius 1 is 1.59 bits per heavy atom. The van der Waals surface area contributed by atoms with E-state index in [-0.39, 0.29) is 12.5 Å². The number of amides is 1. The average molecular weight is 241 g/mol. The molecule has 6 heteroatoms. The van der Waals surface area contributed by atoms with Gasteiger partial charge in [-0.2, -0.15) is 0 Å². The minimum Gasteiger partial charge on any atom is -0.479 e. The second kappa shape index (κ2) is 6.05.